The third-order valence-corrected chi connectivity index (χ3v) is 3.36. The van der Waals surface area contributed by atoms with Crippen LogP contribution in [-0.4, -0.2) is 29.1 Å². The van der Waals surface area contributed by atoms with E-state index in [1.165, 1.54) is 0 Å². The molecule has 0 spiro atoms. The third-order valence-electron chi connectivity index (χ3n) is 3.19. The number of hydrogen-bond acceptors (Lipinski definition) is 5. The van der Waals surface area contributed by atoms with E-state index in [4.69, 9.17) is 16.3 Å². The Morgan fingerprint density at radius 1 is 1.10 bits per heavy atom. The maximum atomic E-state index is 6.01. The van der Waals surface area contributed by atoms with E-state index in [0.717, 1.165) is 11.4 Å². The maximum absolute atomic E-state index is 6.01. The molecule has 0 amide bonds. The molecule has 5 nitrogen and oxygen atoms in total. The number of hydrogen-bond donors (Lipinski definition) is 0. The standard InChI is InChI=1S/C15H13ClN4O/c1-20(10-5-7-11(21-2)8-6-10)14-13-12(4-3-9-17-13)18-15(16)19-14/h3-9H,1-2H3. The molecule has 0 N–H and O–H groups in total. The SMILES string of the molecule is COc1ccc(N(C)c2nc(Cl)nc3cccnc23)cc1. The molecule has 2 heterocycles. The molecular weight excluding hydrogens is 288 g/mol. The van der Waals surface area contributed by atoms with E-state index in [9.17, 15) is 0 Å². The number of nitrogens with zero attached hydrogens (tertiary/aromatic N) is 4. The Kier molecular flexibility index (Phi) is 3.58. The van der Waals surface area contributed by atoms with Crippen molar-refractivity contribution in [2.24, 2.45) is 0 Å². The lowest BCUT2D eigenvalue weighted by Crippen LogP contribution is -2.12. The number of rotatable bonds is 3. The van der Waals surface area contributed by atoms with Gasteiger partial charge in [-0.25, -0.2) is 4.98 Å². The number of anilines is 2. The number of pyridine rings is 1. The van der Waals surface area contributed by atoms with E-state index in [1.54, 1.807) is 13.3 Å². The first kappa shape index (κ1) is 13.6. The summed E-state index contributed by atoms with van der Waals surface area (Å²) in [6, 6.07) is 11.4. The van der Waals surface area contributed by atoms with Gasteiger partial charge in [0, 0.05) is 18.9 Å². The molecule has 0 fully saturated rings. The summed E-state index contributed by atoms with van der Waals surface area (Å²) >= 11 is 6.01. The smallest absolute Gasteiger partial charge is 0.225 e. The largest absolute Gasteiger partial charge is 0.497 e. The summed E-state index contributed by atoms with van der Waals surface area (Å²) in [5.74, 6) is 1.46. The average Bonchev–Trinajstić information content (AvgIpc) is 2.53. The van der Waals surface area contributed by atoms with Crippen molar-refractivity contribution < 1.29 is 4.74 Å². The molecule has 2 aromatic heterocycles. The molecule has 0 aliphatic carbocycles. The van der Waals surface area contributed by atoms with Crippen molar-refractivity contribution in [1.82, 2.24) is 15.0 Å². The zero-order chi connectivity index (χ0) is 14.8. The highest BCUT2D eigenvalue weighted by molar-refractivity contribution is 6.28. The van der Waals surface area contributed by atoms with Crippen LogP contribution in [0.15, 0.2) is 42.6 Å². The number of halogens is 1. The van der Waals surface area contributed by atoms with E-state index >= 15 is 0 Å². The molecule has 0 saturated heterocycles. The lowest BCUT2D eigenvalue weighted by Gasteiger charge is -2.19. The van der Waals surface area contributed by atoms with E-state index in [2.05, 4.69) is 15.0 Å². The Hall–Kier alpha value is -2.40. The van der Waals surface area contributed by atoms with Crippen molar-refractivity contribution in [3.05, 3.63) is 47.9 Å². The van der Waals surface area contributed by atoms with Crippen LogP contribution in [0.3, 0.4) is 0 Å². The van der Waals surface area contributed by atoms with E-state index < -0.39 is 0 Å². The van der Waals surface area contributed by atoms with Gasteiger partial charge in [-0.3, -0.25) is 4.98 Å². The Morgan fingerprint density at radius 3 is 2.57 bits per heavy atom. The van der Waals surface area contributed by atoms with Crippen LogP contribution >= 0.6 is 11.6 Å². The van der Waals surface area contributed by atoms with Gasteiger partial charge >= 0.3 is 0 Å². The monoisotopic (exact) mass is 300 g/mol. The van der Waals surface area contributed by atoms with Crippen LogP contribution in [0, 0.1) is 0 Å². The van der Waals surface area contributed by atoms with Gasteiger partial charge in [0.15, 0.2) is 5.82 Å². The van der Waals surface area contributed by atoms with Crippen molar-refractivity contribution in [2.75, 3.05) is 19.1 Å². The molecule has 6 heteroatoms. The fourth-order valence-electron chi connectivity index (χ4n) is 2.09. The highest BCUT2D eigenvalue weighted by Crippen LogP contribution is 2.29. The minimum atomic E-state index is 0.200. The topological polar surface area (TPSA) is 51.1 Å². The van der Waals surface area contributed by atoms with Gasteiger partial charge in [-0.05, 0) is 48.0 Å². The minimum Gasteiger partial charge on any atom is -0.497 e. The molecule has 0 unspecified atom stereocenters. The van der Waals surface area contributed by atoms with Crippen LogP contribution in [0.4, 0.5) is 11.5 Å². The first-order valence-corrected chi connectivity index (χ1v) is 6.73. The Morgan fingerprint density at radius 2 is 1.86 bits per heavy atom. The fraction of sp³-hybridized carbons (Fsp3) is 0.133. The Balaban J connectivity index is 2.09. The molecule has 3 rings (SSSR count). The molecule has 0 aliphatic heterocycles. The maximum Gasteiger partial charge on any atom is 0.225 e. The zero-order valence-electron chi connectivity index (χ0n) is 11.6. The van der Waals surface area contributed by atoms with Gasteiger partial charge in [-0.1, -0.05) is 0 Å². The second-order valence-corrected chi connectivity index (χ2v) is 4.78. The number of aromatic nitrogens is 3. The van der Waals surface area contributed by atoms with E-state index in [0.29, 0.717) is 16.9 Å². The molecule has 21 heavy (non-hydrogen) atoms. The van der Waals surface area contributed by atoms with Crippen molar-refractivity contribution in [3.8, 4) is 5.75 Å². The normalized spacial score (nSPS) is 10.6. The summed E-state index contributed by atoms with van der Waals surface area (Å²) in [5.41, 5.74) is 2.38. The van der Waals surface area contributed by atoms with E-state index in [1.807, 2.05) is 48.3 Å². The van der Waals surface area contributed by atoms with Gasteiger partial charge in [-0.15, -0.1) is 0 Å². The molecule has 3 aromatic rings. The van der Waals surface area contributed by atoms with Crippen molar-refractivity contribution in [1.29, 1.82) is 0 Å². The summed E-state index contributed by atoms with van der Waals surface area (Å²) < 4.78 is 5.17. The Labute approximate surface area is 127 Å². The molecule has 1 aromatic carbocycles. The summed E-state index contributed by atoms with van der Waals surface area (Å²) in [6.07, 6.45) is 1.71. The van der Waals surface area contributed by atoms with Gasteiger partial charge in [0.05, 0.1) is 12.6 Å². The molecule has 0 atom stereocenters. The summed E-state index contributed by atoms with van der Waals surface area (Å²) in [4.78, 5) is 14.8. The van der Waals surface area contributed by atoms with Crippen LogP contribution in [0.5, 0.6) is 5.75 Å². The van der Waals surface area contributed by atoms with Crippen molar-refractivity contribution in [2.45, 2.75) is 0 Å². The summed E-state index contributed by atoms with van der Waals surface area (Å²) in [5, 5.41) is 0.200. The van der Waals surface area contributed by atoms with Gasteiger partial charge in [0.2, 0.25) is 5.28 Å². The fourth-order valence-corrected chi connectivity index (χ4v) is 2.26. The van der Waals surface area contributed by atoms with Crippen molar-refractivity contribution >= 4 is 34.1 Å². The van der Waals surface area contributed by atoms with Gasteiger partial charge in [0.1, 0.15) is 11.3 Å². The molecular formula is C15H13ClN4O. The van der Waals surface area contributed by atoms with E-state index in [-0.39, 0.29) is 5.28 Å². The molecule has 0 aliphatic rings. The van der Waals surface area contributed by atoms with Crippen LogP contribution in [0.1, 0.15) is 0 Å². The molecule has 0 bridgehead atoms. The van der Waals surface area contributed by atoms with Crippen LogP contribution in [0.25, 0.3) is 11.0 Å². The minimum absolute atomic E-state index is 0.200. The van der Waals surface area contributed by atoms with Gasteiger partial charge in [-0.2, -0.15) is 4.98 Å². The number of benzene rings is 1. The number of fused-ring (bicyclic) bond motifs is 1. The summed E-state index contributed by atoms with van der Waals surface area (Å²) in [7, 11) is 3.55. The third kappa shape index (κ3) is 2.60. The lowest BCUT2D eigenvalue weighted by atomic mass is 10.2. The molecule has 0 saturated carbocycles. The lowest BCUT2D eigenvalue weighted by molar-refractivity contribution is 0.415. The van der Waals surface area contributed by atoms with Gasteiger partial charge < -0.3 is 9.64 Å². The molecule has 0 radical (unpaired) electrons. The highest BCUT2D eigenvalue weighted by Gasteiger charge is 2.13. The average molecular weight is 301 g/mol. The van der Waals surface area contributed by atoms with Gasteiger partial charge in [0.25, 0.3) is 0 Å². The highest BCUT2D eigenvalue weighted by atomic mass is 35.5. The number of ether oxygens (including phenoxy) is 1. The second kappa shape index (κ2) is 5.54. The second-order valence-electron chi connectivity index (χ2n) is 4.44. The quantitative estimate of drug-likeness (QED) is 0.693. The Bertz CT molecular complexity index is 776. The number of methoxy groups -OCH3 is 1. The van der Waals surface area contributed by atoms with Crippen molar-refractivity contribution in [3.63, 3.8) is 0 Å². The predicted molar refractivity (Wildman–Crippen MR) is 83.4 cm³/mol. The van der Waals surface area contributed by atoms with Crippen LogP contribution in [-0.2, 0) is 0 Å². The first-order chi connectivity index (χ1) is 10.2. The summed E-state index contributed by atoms with van der Waals surface area (Å²) in [6.45, 7) is 0. The van der Waals surface area contributed by atoms with Crippen LogP contribution in [0.2, 0.25) is 5.28 Å². The zero-order valence-corrected chi connectivity index (χ0v) is 12.4. The molecule has 106 valence electrons. The van der Waals surface area contributed by atoms with Crippen LogP contribution < -0.4 is 9.64 Å². The predicted octanol–water partition coefficient (Wildman–Crippen LogP) is 3.45. The first-order valence-electron chi connectivity index (χ1n) is 6.35.